The van der Waals surface area contributed by atoms with E-state index in [1.807, 2.05) is 6.07 Å². The highest BCUT2D eigenvalue weighted by Crippen LogP contribution is 2.39. The molecule has 1 aromatic heterocycles. The smallest absolute Gasteiger partial charge is 0.234 e. The second-order valence-corrected chi connectivity index (χ2v) is 7.17. The van der Waals surface area contributed by atoms with E-state index in [0.717, 1.165) is 50.7 Å². The molecule has 23 heavy (non-hydrogen) atoms. The first-order valence-corrected chi connectivity index (χ1v) is 8.86. The average molecular weight is 336 g/mol. The first-order chi connectivity index (χ1) is 11.2. The predicted octanol–water partition coefficient (Wildman–Crippen LogP) is 1.41. The van der Waals surface area contributed by atoms with Crippen molar-refractivity contribution in [1.29, 1.82) is 0 Å². The van der Waals surface area contributed by atoms with Crippen molar-refractivity contribution in [2.24, 2.45) is 0 Å². The number of nitrogens with one attached hydrogen (secondary N) is 1. The summed E-state index contributed by atoms with van der Waals surface area (Å²) in [6.45, 7) is 3.99. The van der Waals surface area contributed by atoms with E-state index < -0.39 is 0 Å². The van der Waals surface area contributed by atoms with Crippen LogP contribution in [0.3, 0.4) is 0 Å². The van der Waals surface area contributed by atoms with Gasteiger partial charge in [0.05, 0.1) is 6.54 Å². The zero-order valence-corrected chi connectivity index (χ0v) is 13.9. The number of carbonyl (C=O) groups excluding carboxylic acids is 1. The minimum absolute atomic E-state index is 0.155. The summed E-state index contributed by atoms with van der Waals surface area (Å²) in [7, 11) is 0. The standard InChI is InChI=1S/C16H22ClN5O/c17-13-9-14(20-16(19-13)11-1-2-11)22-7-5-21(6-8-22)10-15(23)18-12-3-4-12/h9,11-12H,1-8,10H2,(H,18,23). The minimum atomic E-state index is 0.155. The van der Waals surface area contributed by atoms with E-state index >= 15 is 0 Å². The third-order valence-corrected chi connectivity index (χ3v) is 4.84. The molecule has 1 aromatic rings. The molecule has 2 saturated carbocycles. The van der Waals surface area contributed by atoms with E-state index in [1.54, 1.807) is 0 Å². The maximum absolute atomic E-state index is 11.9. The summed E-state index contributed by atoms with van der Waals surface area (Å²) in [6.07, 6.45) is 4.61. The number of rotatable bonds is 5. The summed E-state index contributed by atoms with van der Waals surface area (Å²) in [4.78, 5) is 25.4. The number of amides is 1. The topological polar surface area (TPSA) is 61.4 Å². The molecule has 7 heteroatoms. The van der Waals surface area contributed by atoms with Crippen molar-refractivity contribution < 1.29 is 4.79 Å². The average Bonchev–Trinajstić information content (AvgIpc) is 3.41. The highest BCUT2D eigenvalue weighted by Gasteiger charge is 2.29. The van der Waals surface area contributed by atoms with Crippen LogP contribution in [-0.4, -0.2) is 59.5 Å². The maximum atomic E-state index is 11.9. The van der Waals surface area contributed by atoms with E-state index in [0.29, 0.717) is 23.7 Å². The third-order valence-electron chi connectivity index (χ3n) is 4.65. The molecule has 4 rings (SSSR count). The van der Waals surface area contributed by atoms with E-state index in [9.17, 15) is 4.79 Å². The lowest BCUT2D eigenvalue weighted by Crippen LogP contribution is -2.50. The molecule has 2 aliphatic carbocycles. The minimum Gasteiger partial charge on any atom is -0.354 e. The van der Waals surface area contributed by atoms with Crippen LogP contribution in [0, 0.1) is 0 Å². The normalized spacial score (nSPS) is 22.2. The number of anilines is 1. The van der Waals surface area contributed by atoms with E-state index in [4.69, 9.17) is 11.6 Å². The summed E-state index contributed by atoms with van der Waals surface area (Å²) in [6, 6.07) is 2.29. The van der Waals surface area contributed by atoms with Crippen LogP contribution in [0.2, 0.25) is 5.15 Å². The summed E-state index contributed by atoms with van der Waals surface area (Å²) < 4.78 is 0. The van der Waals surface area contributed by atoms with Gasteiger partial charge in [-0.2, -0.15) is 0 Å². The number of hydrogen-bond acceptors (Lipinski definition) is 5. The molecule has 0 spiro atoms. The van der Waals surface area contributed by atoms with Crippen molar-refractivity contribution in [2.45, 2.75) is 37.6 Å². The van der Waals surface area contributed by atoms with Gasteiger partial charge in [-0.05, 0) is 25.7 Å². The quantitative estimate of drug-likeness (QED) is 0.824. The highest BCUT2D eigenvalue weighted by molar-refractivity contribution is 6.29. The van der Waals surface area contributed by atoms with Gasteiger partial charge in [0.2, 0.25) is 5.91 Å². The summed E-state index contributed by atoms with van der Waals surface area (Å²) in [5.74, 6) is 2.47. The van der Waals surface area contributed by atoms with Crippen molar-refractivity contribution in [1.82, 2.24) is 20.2 Å². The van der Waals surface area contributed by atoms with Crippen LogP contribution in [0.15, 0.2) is 6.07 Å². The summed E-state index contributed by atoms with van der Waals surface area (Å²) >= 11 is 6.15. The number of hydrogen-bond donors (Lipinski definition) is 1. The Hall–Kier alpha value is -1.40. The summed E-state index contributed by atoms with van der Waals surface area (Å²) in [5, 5.41) is 3.58. The van der Waals surface area contributed by atoms with Crippen molar-refractivity contribution in [2.75, 3.05) is 37.6 Å². The van der Waals surface area contributed by atoms with Gasteiger partial charge in [-0.1, -0.05) is 11.6 Å². The predicted molar refractivity (Wildman–Crippen MR) is 88.8 cm³/mol. The van der Waals surface area contributed by atoms with Crippen LogP contribution in [0.4, 0.5) is 5.82 Å². The second-order valence-electron chi connectivity index (χ2n) is 6.79. The number of nitrogens with zero attached hydrogens (tertiary/aromatic N) is 4. The molecule has 1 aliphatic heterocycles. The monoisotopic (exact) mass is 335 g/mol. The zero-order chi connectivity index (χ0) is 15.8. The van der Waals surface area contributed by atoms with Crippen LogP contribution in [0.5, 0.6) is 0 Å². The van der Waals surface area contributed by atoms with Crippen molar-refractivity contribution in [3.63, 3.8) is 0 Å². The van der Waals surface area contributed by atoms with Crippen LogP contribution in [0.1, 0.15) is 37.4 Å². The SMILES string of the molecule is O=C(CN1CCN(c2cc(Cl)nc(C3CC3)n2)CC1)NC1CC1. The number of carbonyl (C=O) groups is 1. The van der Waals surface area contributed by atoms with Gasteiger partial charge in [0.1, 0.15) is 16.8 Å². The van der Waals surface area contributed by atoms with Gasteiger partial charge in [-0.3, -0.25) is 9.69 Å². The van der Waals surface area contributed by atoms with Crippen LogP contribution >= 0.6 is 11.6 Å². The molecule has 0 aromatic carbocycles. The number of halogens is 1. The fourth-order valence-corrected chi connectivity index (χ4v) is 3.13. The first-order valence-electron chi connectivity index (χ1n) is 8.48. The molecule has 1 amide bonds. The molecule has 0 bridgehead atoms. The highest BCUT2D eigenvalue weighted by atomic mass is 35.5. The Morgan fingerprint density at radius 2 is 1.91 bits per heavy atom. The molecular weight excluding hydrogens is 314 g/mol. The first kappa shape index (κ1) is 15.1. The van der Waals surface area contributed by atoms with Crippen LogP contribution < -0.4 is 10.2 Å². The Morgan fingerprint density at radius 3 is 2.57 bits per heavy atom. The molecule has 1 saturated heterocycles. The second kappa shape index (κ2) is 6.24. The number of aromatic nitrogens is 2. The van der Waals surface area contributed by atoms with Gasteiger partial charge in [0, 0.05) is 44.2 Å². The summed E-state index contributed by atoms with van der Waals surface area (Å²) in [5.41, 5.74) is 0. The van der Waals surface area contributed by atoms with E-state index in [-0.39, 0.29) is 5.91 Å². The molecule has 3 aliphatic rings. The zero-order valence-electron chi connectivity index (χ0n) is 13.2. The Morgan fingerprint density at radius 1 is 1.17 bits per heavy atom. The Kier molecular flexibility index (Phi) is 4.11. The molecule has 0 atom stereocenters. The molecule has 2 heterocycles. The lowest BCUT2D eigenvalue weighted by Gasteiger charge is -2.35. The molecular formula is C16H22ClN5O. The van der Waals surface area contributed by atoms with Crippen LogP contribution in [0.25, 0.3) is 0 Å². The Bertz CT molecular complexity index is 594. The molecule has 0 unspecified atom stereocenters. The molecule has 124 valence electrons. The van der Waals surface area contributed by atoms with E-state index in [2.05, 4.69) is 25.1 Å². The maximum Gasteiger partial charge on any atom is 0.234 e. The molecule has 3 fully saturated rings. The van der Waals surface area contributed by atoms with Crippen molar-refractivity contribution >= 4 is 23.3 Å². The molecule has 6 nitrogen and oxygen atoms in total. The number of piperazine rings is 1. The van der Waals surface area contributed by atoms with Gasteiger partial charge >= 0.3 is 0 Å². The van der Waals surface area contributed by atoms with Crippen molar-refractivity contribution in [3.8, 4) is 0 Å². The van der Waals surface area contributed by atoms with Gasteiger partial charge in [0.15, 0.2) is 0 Å². The van der Waals surface area contributed by atoms with Crippen LogP contribution in [-0.2, 0) is 4.79 Å². The fraction of sp³-hybridized carbons (Fsp3) is 0.688. The van der Waals surface area contributed by atoms with Crippen molar-refractivity contribution in [3.05, 3.63) is 17.0 Å². The van der Waals surface area contributed by atoms with Gasteiger partial charge < -0.3 is 10.2 Å². The van der Waals surface area contributed by atoms with E-state index in [1.165, 1.54) is 12.8 Å². The lowest BCUT2D eigenvalue weighted by molar-refractivity contribution is -0.122. The Labute approximate surface area is 141 Å². The molecule has 1 N–H and O–H groups in total. The Balaban J connectivity index is 1.32. The third kappa shape index (κ3) is 3.93. The lowest BCUT2D eigenvalue weighted by atomic mass is 10.3. The van der Waals surface area contributed by atoms with Gasteiger partial charge in [-0.15, -0.1) is 0 Å². The largest absolute Gasteiger partial charge is 0.354 e. The van der Waals surface area contributed by atoms with Gasteiger partial charge in [0.25, 0.3) is 0 Å². The molecule has 0 radical (unpaired) electrons. The fourth-order valence-electron chi connectivity index (χ4n) is 2.95. The van der Waals surface area contributed by atoms with Gasteiger partial charge in [-0.25, -0.2) is 9.97 Å².